The van der Waals surface area contributed by atoms with Crippen molar-refractivity contribution in [3.63, 3.8) is 0 Å². The van der Waals surface area contributed by atoms with Crippen LogP contribution in [0.4, 0.5) is 4.39 Å². The molecule has 0 bridgehead atoms. The zero-order valence-electron chi connectivity index (χ0n) is 10.1. The van der Waals surface area contributed by atoms with Gasteiger partial charge < -0.3 is 5.32 Å². The van der Waals surface area contributed by atoms with Crippen LogP contribution in [0.2, 0.25) is 5.02 Å². The predicted molar refractivity (Wildman–Crippen MR) is 71.0 cm³/mol. The van der Waals surface area contributed by atoms with E-state index in [0.29, 0.717) is 0 Å². The van der Waals surface area contributed by atoms with E-state index in [9.17, 15) is 4.39 Å². The zero-order chi connectivity index (χ0) is 13.0. The van der Waals surface area contributed by atoms with Crippen LogP contribution in [-0.4, -0.2) is 16.7 Å². The van der Waals surface area contributed by atoms with E-state index in [0.717, 1.165) is 36.3 Å². The van der Waals surface area contributed by atoms with Crippen molar-refractivity contribution < 1.29 is 4.39 Å². The van der Waals surface area contributed by atoms with Gasteiger partial charge >= 0.3 is 0 Å². The fourth-order valence-electron chi connectivity index (χ4n) is 1.75. The van der Waals surface area contributed by atoms with Crippen LogP contribution in [0.1, 0.15) is 18.9 Å². The minimum absolute atomic E-state index is 0.120. The molecule has 0 fully saturated rings. The molecule has 2 N–H and O–H groups in total. The minimum atomic E-state index is -0.411. The lowest BCUT2D eigenvalue weighted by molar-refractivity contribution is 0.628. The Balaban J connectivity index is 2.22. The monoisotopic (exact) mass is 267 g/mol. The molecular weight excluding hydrogens is 253 g/mol. The SMILES string of the molecule is CCCNCc1cn[nH]c1-c1ccc(F)c(Cl)c1. The molecular formula is C13H15ClFN3. The fourth-order valence-corrected chi connectivity index (χ4v) is 1.93. The summed E-state index contributed by atoms with van der Waals surface area (Å²) in [5.74, 6) is -0.411. The van der Waals surface area contributed by atoms with E-state index in [1.165, 1.54) is 6.07 Å². The lowest BCUT2D eigenvalue weighted by Crippen LogP contribution is -2.13. The average molecular weight is 268 g/mol. The summed E-state index contributed by atoms with van der Waals surface area (Å²) in [4.78, 5) is 0. The molecule has 0 saturated carbocycles. The Morgan fingerprint density at radius 1 is 1.44 bits per heavy atom. The molecule has 0 aliphatic heterocycles. The maximum absolute atomic E-state index is 13.1. The molecule has 0 amide bonds. The standard InChI is InChI=1S/C13H15ClFN3/c1-2-5-16-7-10-8-17-18-13(10)9-3-4-12(15)11(14)6-9/h3-4,6,8,16H,2,5,7H2,1H3,(H,17,18). The van der Waals surface area contributed by atoms with Crippen LogP contribution in [-0.2, 0) is 6.54 Å². The van der Waals surface area contributed by atoms with Crippen LogP contribution in [0, 0.1) is 5.82 Å². The lowest BCUT2D eigenvalue weighted by atomic mass is 10.1. The predicted octanol–water partition coefficient (Wildman–Crippen LogP) is 3.37. The van der Waals surface area contributed by atoms with E-state index in [1.54, 1.807) is 18.3 Å². The quantitative estimate of drug-likeness (QED) is 0.816. The number of rotatable bonds is 5. The molecule has 1 aromatic heterocycles. The number of aromatic amines is 1. The third-order valence-electron chi connectivity index (χ3n) is 2.67. The summed E-state index contributed by atoms with van der Waals surface area (Å²) in [6.07, 6.45) is 2.85. The smallest absolute Gasteiger partial charge is 0.141 e. The molecule has 0 spiro atoms. The summed E-state index contributed by atoms with van der Waals surface area (Å²) in [6, 6.07) is 4.66. The summed E-state index contributed by atoms with van der Waals surface area (Å²) < 4.78 is 13.1. The molecule has 96 valence electrons. The second-order valence-electron chi connectivity index (χ2n) is 4.08. The number of H-pyrrole nitrogens is 1. The molecule has 18 heavy (non-hydrogen) atoms. The van der Waals surface area contributed by atoms with Gasteiger partial charge in [0.1, 0.15) is 5.82 Å². The molecule has 0 unspecified atom stereocenters. The molecule has 0 aliphatic carbocycles. The highest BCUT2D eigenvalue weighted by atomic mass is 35.5. The van der Waals surface area contributed by atoms with E-state index in [1.807, 2.05) is 0 Å². The second kappa shape index (κ2) is 5.98. The first-order valence-electron chi connectivity index (χ1n) is 5.90. The Kier molecular flexibility index (Phi) is 4.33. The van der Waals surface area contributed by atoms with E-state index < -0.39 is 5.82 Å². The molecule has 1 heterocycles. The number of benzene rings is 1. The second-order valence-corrected chi connectivity index (χ2v) is 4.48. The van der Waals surface area contributed by atoms with Gasteiger partial charge in [0, 0.05) is 17.7 Å². The largest absolute Gasteiger partial charge is 0.313 e. The average Bonchev–Trinajstić information content (AvgIpc) is 2.81. The number of nitrogens with one attached hydrogen (secondary N) is 2. The molecule has 3 nitrogen and oxygen atoms in total. The van der Waals surface area contributed by atoms with E-state index in [-0.39, 0.29) is 5.02 Å². The van der Waals surface area contributed by atoms with E-state index in [4.69, 9.17) is 11.6 Å². The number of halogens is 2. The number of hydrogen-bond acceptors (Lipinski definition) is 2. The van der Waals surface area contributed by atoms with Gasteiger partial charge in [0.05, 0.1) is 16.9 Å². The highest BCUT2D eigenvalue weighted by Crippen LogP contribution is 2.25. The first-order chi connectivity index (χ1) is 8.72. The normalized spacial score (nSPS) is 10.8. The molecule has 5 heteroatoms. The van der Waals surface area contributed by atoms with Crippen molar-refractivity contribution in [3.05, 3.63) is 40.8 Å². The van der Waals surface area contributed by atoms with Crippen LogP contribution >= 0.6 is 11.6 Å². The topological polar surface area (TPSA) is 40.7 Å². The Morgan fingerprint density at radius 2 is 2.28 bits per heavy atom. The Labute approximate surface area is 110 Å². The zero-order valence-corrected chi connectivity index (χ0v) is 10.9. The van der Waals surface area contributed by atoms with Gasteiger partial charge in [-0.25, -0.2) is 4.39 Å². The van der Waals surface area contributed by atoms with Crippen LogP contribution in [0.5, 0.6) is 0 Å². The van der Waals surface area contributed by atoms with Gasteiger partial charge in [-0.2, -0.15) is 5.10 Å². The van der Waals surface area contributed by atoms with Gasteiger partial charge in [-0.1, -0.05) is 18.5 Å². The van der Waals surface area contributed by atoms with Crippen molar-refractivity contribution in [3.8, 4) is 11.3 Å². The number of aromatic nitrogens is 2. The summed E-state index contributed by atoms with van der Waals surface area (Å²) >= 11 is 5.78. The third-order valence-corrected chi connectivity index (χ3v) is 2.96. The van der Waals surface area contributed by atoms with Crippen LogP contribution < -0.4 is 5.32 Å². The van der Waals surface area contributed by atoms with Crippen LogP contribution in [0.25, 0.3) is 11.3 Å². The molecule has 0 atom stereocenters. The van der Waals surface area contributed by atoms with Crippen molar-refractivity contribution >= 4 is 11.6 Å². The Morgan fingerprint density at radius 3 is 3.00 bits per heavy atom. The van der Waals surface area contributed by atoms with Crippen molar-refractivity contribution in [1.82, 2.24) is 15.5 Å². The summed E-state index contributed by atoms with van der Waals surface area (Å²) in [7, 11) is 0. The maximum Gasteiger partial charge on any atom is 0.141 e. The molecule has 0 saturated heterocycles. The maximum atomic E-state index is 13.1. The van der Waals surface area contributed by atoms with Crippen molar-refractivity contribution in [2.24, 2.45) is 0 Å². The van der Waals surface area contributed by atoms with Gasteiger partial charge in [-0.3, -0.25) is 5.10 Å². The van der Waals surface area contributed by atoms with Crippen LogP contribution in [0.15, 0.2) is 24.4 Å². The third kappa shape index (κ3) is 2.89. The number of nitrogens with zero attached hydrogens (tertiary/aromatic N) is 1. The number of hydrogen-bond donors (Lipinski definition) is 2. The van der Waals surface area contributed by atoms with Crippen molar-refractivity contribution in [1.29, 1.82) is 0 Å². The fraction of sp³-hybridized carbons (Fsp3) is 0.308. The molecule has 0 aliphatic rings. The molecule has 1 aromatic carbocycles. The molecule has 2 aromatic rings. The van der Waals surface area contributed by atoms with Crippen LogP contribution in [0.3, 0.4) is 0 Å². The Hall–Kier alpha value is -1.39. The molecule has 0 radical (unpaired) electrons. The van der Waals surface area contributed by atoms with Gasteiger partial charge in [0.15, 0.2) is 0 Å². The lowest BCUT2D eigenvalue weighted by Gasteiger charge is -2.05. The van der Waals surface area contributed by atoms with E-state index in [2.05, 4.69) is 22.4 Å². The van der Waals surface area contributed by atoms with Gasteiger partial charge in [0.2, 0.25) is 0 Å². The van der Waals surface area contributed by atoms with E-state index >= 15 is 0 Å². The van der Waals surface area contributed by atoms with Crippen molar-refractivity contribution in [2.75, 3.05) is 6.54 Å². The van der Waals surface area contributed by atoms with Crippen molar-refractivity contribution in [2.45, 2.75) is 19.9 Å². The summed E-state index contributed by atoms with van der Waals surface area (Å²) in [5.41, 5.74) is 2.76. The molecule has 2 rings (SSSR count). The highest BCUT2D eigenvalue weighted by molar-refractivity contribution is 6.31. The van der Waals surface area contributed by atoms with Gasteiger partial charge in [-0.15, -0.1) is 0 Å². The minimum Gasteiger partial charge on any atom is -0.313 e. The van der Waals surface area contributed by atoms with Gasteiger partial charge in [0.25, 0.3) is 0 Å². The highest BCUT2D eigenvalue weighted by Gasteiger charge is 2.09. The van der Waals surface area contributed by atoms with Gasteiger partial charge in [-0.05, 0) is 31.2 Å². The summed E-state index contributed by atoms with van der Waals surface area (Å²) in [6.45, 7) is 3.80. The first kappa shape index (κ1) is 13.1. The summed E-state index contributed by atoms with van der Waals surface area (Å²) in [5, 5.41) is 10.4. The Bertz CT molecular complexity index is 525. The first-order valence-corrected chi connectivity index (χ1v) is 6.28.